The van der Waals surface area contributed by atoms with Gasteiger partial charge in [0.05, 0.1) is 28.5 Å². The summed E-state index contributed by atoms with van der Waals surface area (Å²) in [5, 5.41) is 24.0. The number of hydrogen-bond donors (Lipinski definition) is 2. The van der Waals surface area contributed by atoms with Gasteiger partial charge in [-0.1, -0.05) is 52.8 Å². The van der Waals surface area contributed by atoms with Crippen molar-refractivity contribution in [2.24, 2.45) is 44.3 Å². The molecule has 7 aliphatic carbocycles. The number of amides is 1. The number of thiophene rings is 1. The Kier molecular flexibility index (Phi) is 7.03. The van der Waals surface area contributed by atoms with Crippen molar-refractivity contribution in [3.05, 3.63) is 45.7 Å². The maximum absolute atomic E-state index is 14.7. The van der Waals surface area contributed by atoms with Crippen molar-refractivity contribution >= 4 is 29.0 Å². The molecule has 9 rings (SSSR count). The Morgan fingerprint density at radius 3 is 2.29 bits per heavy atom. The highest BCUT2D eigenvalue weighted by molar-refractivity contribution is 7.14. The molecule has 7 nitrogen and oxygen atoms in total. The minimum Gasteiger partial charge on any atom is -0.448 e. The summed E-state index contributed by atoms with van der Waals surface area (Å²) in [5.41, 5.74) is -4.48. The van der Waals surface area contributed by atoms with Crippen molar-refractivity contribution in [1.29, 1.82) is 0 Å². The second-order valence-corrected chi connectivity index (χ2v) is 19.7. The topological polar surface area (TPSA) is 104 Å². The number of rotatable bonds is 7. The third-order valence-electron chi connectivity index (χ3n) is 16.6. The highest BCUT2D eigenvalue weighted by atomic mass is 32.1. The molecule has 10 atom stereocenters. The van der Waals surface area contributed by atoms with Crippen LogP contribution in [0.1, 0.15) is 120 Å². The van der Waals surface area contributed by atoms with E-state index in [1.807, 2.05) is 51.7 Å². The molecule has 1 amide bonds. The Morgan fingerprint density at radius 2 is 1.65 bits per heavy atom. The summed E-state index contributed by atoms with van der Waals surface area (Å²) in [7, 11) is 0. The lowest BCUT2D eigenvalue weighted by Gasteiger charge is -2.71. The molecule has 5 fully saturated rings. The van der Waals surface area contributed by atoms with Gasteiger partial charge in [0, 0.05) is 38.7 Å². The van der Waals surface area contributed by atoms with E-state index >= 15 is 0 Å². The van der Waals surface area contributed by atoms with E-state index in [0.29, 0.717) is 32.2 Å². The summed E-state index contributed by atoms with van der Waals surface area (Å²) in [4.78, 5) is 46.3. The Balaban J connectivity index is 1.20. The van der Waals surface area contributed by atoms with Crippen LogP contribution in [0.4, 0.5) is 0 Å². The van der Waals surface area contributed by atoms with Crippen molar-refractivity contribution in [2.75, 3.05) is 13.1 Å². The first-order chi connectivity index (χ1) is 22.9. The maximum Gasteiger partial charge on any atom is 0.313 e. The lowest BCUT2D eigenvalue weighted by atomic mass is 9.32. The number of ketones is 1. The summed E-state index contributed by atoms with van der Waals surface area (Å²) in [6, 6.07) is 3.98. The molecule has 10 unspecified atom stereocenters. The van der Waals surface area contributed by atoms with Crippen LogP contribution in [0.25, 0.3) is 0 Å². The molecule has 8 heteroatoms. The molecule has 0 aromatic carbocycles. The van der Waals surface area contributed by atoms with E-state index in [4.69, 9.17) is 4.74 Å². The fourth-order valence-electron chi connectivity index (χ4n) is 13.1. The zero-order chi connectivity index (χ0) is 35.2. The number of aliphatic hydroxyl groups is 2. The zero-order valence-corrected chi connectivity index (χ0v) is 31.3. The van der Waals surface area contributed by atoms with Crippen LogP contribution in [-0.2, 0) is 14.3 Å². The number of carbonyl (C=O) groups is 3. The van der Waals surface area contributed by atoms with Gasteiger partial charge in [-0.3, -0.25) is 14.4 Å². The summed E-state index contributed by atoms with van der Waals surface area (Å²) in [5.74, 6) is -0.150. The van der Waals surface area contributed by atoms with Gasteiger partial charge in [0.25, 0.3) is 5.91 Å². The monoisotopic (exact) mass is 689 g/mol. The van der Waals surface area contributed by atoms with Crippen LogP contribution < -0.4 is 0 Å². The SMILES string of the molecule is CCCN(CC1(O)CCC2C34C=CC5(C=C3C(=O)c3ccc(C)s3)CC(O)CCC5(C)C4CCC21C)C(=O)C12CCC(C)(C(=O)O1)C2(C)C. The maximum atomic E-state index is 14.7. The van der Waals surface area contributed by atoms with Crippen LogP contribution in [0.15, 0.2) is 35.9 Å². The molecule has 2 spiro atoms. The van der Waals surface area contributed by atoms with E-state index in [-0.39, 0.29) is 46.9 Å². The van der Waals surface area contributed by atoms with Gasteiger partial charge >= 0.3 is 5.97 Å². The normalized spacial score (nSPS) is 46.9. The molecule has 266 valence electrons. The molecule has 0 radical (unpaired) electrons. The lowest BCUT2D eigenvalue weighted by molar-refractivity contribution is -0.187. The van der Waals surface area contributed by atoms with Crippen molar-refractivity contribution in [2.45, 2.75) is 130 Å². The lowest BCUT2D eigenvalue weighted by Crippen LogP contribution is -2.68. The minimum atomic E-state index is -1.22. The summed E-state index contributed by atoms with van der Waals surface area (Å²) in [6.07, 6.45) is 13.7. The predicted molar refractivity (Wildman–Crippen MR) is 189 cm³/mol. The van der Waals surface area contributed by atoms with Crippen molar-refractivity contribution in [3.8, 4) is 0 Å². The molecule has 2 N–H and O–H groups in total. The molecule has 2 heterocycles. The van der Waals surface area contributed by atoms with Gasteiger partial charge in [0.2, 0.25) is 0 Å². The van der Waals surface area contributed by atoms with Crippen molar-refractivity contribution < 1.29 is 29.3 Å². The molecule has 1 saturated heterocycles. The second kappa shape index (κ2) is 10.2. The fraction of sp³-hybridized carbons (Fsp3) is 0.732. The predicted octanol–water partition coefficient (Wildman–Crippen LogP) is 7.19. The highest BCUT2D eigenvalue weighted by Gasteiger charge is 2.78. The largest absolute Gasteiger partial charge is 0.448 e. The van der Waals surface area contributed by atoms with Crippen LogP contribution in [-0.4, -0.2) is 63.2 Å². The van der Waals surface area contributed by atoms with E-state index in [1.54, 1.807) is 11.3 Å². The van der Waals surface area contributed by atoms with Crippen molar-refractivity contribution in [3.63, 3.8) is 0 Å². The van der Waals surface area contributed by atoms with Crippen LogP contribution in [0, 0.1) is 51.2 Å². The average molecular weight is 690 g/mol. The molecular weight excluding hydrogens is 635 g/mol. The number of aryl methyl sites for hydroxylation is 1. The highest BCUT2D eigenvalue weighted by Crippen LogP contribution is 2.78. The standard InChI is InChI=1S/C41H55NO6S/c1-8-21-42(32(45)41-20-17-37(7,33(46)48-41)34(41,3)4)24-39(47)16-13-30-36(39,6)15-12-29-35(5)14-11-26(43)22-38(35)18-19-40(29,30)27(23-38)31(44)28-10-9-25(2)49-28/h9-10,18-19,23,26,29-30,43,47H,8,11-17,20-22,24H2,1-7H3. The Hall–Kier alpha value is -2.29. The van der Waals surface area contributed by atoms with E-state index in [0.717, 1.165) is 53.9 Å². The number of allylic oxidation sites excluding steroid dienone is 4. The van der Waals surface area contributed by atoms with Crippen molar-refractivity contribution in [1.82, 2.24) is 4.90 Å². The summed E-state index contributed by atoms with van der Waals surface area (Å²) >= 11 is 1.54. The van der Waals surface area contributed by atoms with Crippen LogP contribution >= 0.6 is 11.3 Å². The molecule has 4 bridgehead atoms. The smallest absolute Gasteiger partial charge is 0.313 e. The molecule has 4 saturated carbocycles. The number of Topliss-reactive ketones (excluding diaryl/α,β-unsaturated/α-hetero) is 1. The molecule has 1 aromatic rings. The Labute approximate surface area is 295 Å². The van der Waals surface area contributed by atoms with Gasteiger partial charge in [-0.2, -0.15) is 0 Å². The van der Waals surface area contributed by atoms with Gasteiger partial charge in [0.1, 0.15) is 0 Å². The molecular formula is C41H55NO6S. The number of fused-ring (bicyclic) bond motifs is 3. The van der Waals surface area contributed by atoms with Crippen LogP contribution in [0.2, 0.25) is 0 Å². The van der Waals surface area contributed by atoms with Gasteiger partial charge in [0.15, 0.2) is 11.4 Å². The first-order valence-corrected chi connectivity index (χ1v) is 19.7. The van der Waals surface area contributed by atoms with Gasteiger partial charge in [-0.15, -0.1) is 11.3 Å². The fourth-order valence-corrected chi connectivity index (χ4v) is 13.9. The van der Waals surface area contributed by atoms with Gasteiger partial charge in [-0.05, 0) is 107 Å². The quantitative estimate of drug-likeness (QED) is 0.179. The first kappa shape index (κ1) is 33.8. The minimum absolute atomic E-state index is 0.00509. The average Bonchev–Trinajstić information content (AvgIpc) is 3.70. The number of carbonyl (C=O) groups excluding carboxylic acids is 3. The molecule has 1 aliphatic heterocycles. The van der Waals surface area contributed by atoms with Crippen LogP contribution in [0.3, 0.4) is 0 Å². The number of aliphatic hydroxyl groups excluding tert-OH is 1. The third-order valence-corrected chi connectivity index (χ3v) is 17.6. The Morgan fingerprint density at radius 1 is 0.959 bits per heavy atom. The molecule has 49 heavy (non-hydrogen) atoms. The summed E-state index contributed by atoms with van der Waals surface area (Å²) in [6.45, 7) is 15.3. The number of hydrogen-bond acceptors (Lipinski definition) is 7. The van der Waals surface area contributed by atoms with Gasteiger partial charge < -0.3 is 19.8 Å². The number of ether oxygens (including phenoxy) is 1. The zero-order valence-electron chi connectivity index (χ0n) is 30.5. The van der Waals surface area contributed by atoms with E-state index in [1.165, 1.54) is 0 Å². The van der Waals surface area contributed by atoms with Gasteiger partial charge in [-0.25, -0.2) is 0 Å². The molecule has 8 aliphatic rings. The van der Waals surface area contributed by atoms with E-state index < -0.39 is 39.0 Å². The Bertz CT molecular complexity index is 1710. The number of nitrogens with zero attached hydrogens (tertiary/aromatic N) is 1. The first-order valence-electron chi connectivity index (χ1n) is 18.9. The number of esters is 1. The molecule has 1 aromatic heterocycles. The summed E-state index contributed by atoms with van der Waals surface area (Å²) < 4.78 is 6.06. The van der Waals surface area contributed by atoms with E-state index in [9.17, 15) is 24.6 Å². The van der Waals surface area contributed by atoms with Crippen LogP contribution in [0.5, 0.6) is 0 Å². The third kappa shape index (κ3) is 3.79. The second-order valence-electron chi connectivity index (χ2n) is 18.5. The van der Waals surface area contributed by atoms with E-state index in [2.05, 4.69) is 32.1 Å².